The lowest BCUT2D eigenvalue weighted by atomic mass is 9.87. The third-order valence-electron chi connectivity index (χ3n) is 5.93. The van der Waals surface area contributed by atoms with Crippen molar-refractivity contribution < 1.29 is 76.4 Å². The summed E-state index contributed by atoms with van der Waals surface area (Å²) < 4.78 is 232. The number of methoxy groups -OCH3 is 1. The van der Waals surface area contributed by atoms with E-state index in [1.54, 1.807) is 0 Å². The lowest BCUT2D eigenvalue weighted by molar-refractivity contribution is -0.143. The van der Waals surface area contributed by atoms with Crippen LogP contribution < -0.4 is 4.90 Å². The van der Waals surface area contributed by atoms with E-state index in [-0.39, 0.29) is 40.1 Å². The molecule has 0 spiro atoms. The monoisotopic (exact) mass is 613 g/mol. The van der Waals surface area contributed by atoms with Crippen LogP contribution in [0.25, 0.3) is 0 Å². The van der Waals surface area contributed by atoms with Gasteiger partial charge in [0, 0.05) is 23.6 Å². The molecule has 0 N–H and O–H groups in total. The molecule has 2 amide bonds. The second-order valence-corrected chi connectivity index (χ2v) is 8.43. The number of carbonyl (C=O) groups excluding carboxylic acids is 2. The molecule has 0 fully saturated rings. The molecule has 6 nitrogen and oxygen atoms in total. The van der Waals surface area contributed by atoms with Gasteiger partial charge in [0.25, 0.3) is 0 Å². The number of alkyl halides is 9. The molecule has 1 aliphatic heterocycles. The molecular weight excluding hydrogens is 575 g/mol. The third kappa shape index (κ3) is 6.99. The number of anilines is 1. The van der Waals surface area contributed by atoms with Crippen molar-refractivity contribution in [3.8, 4) is 0 Å². The summed E-state index contributed by atoms with van der Waals surface area (Å²) in [6.07, 6.45) is -25.9. The molecule has 0 bridgehead atoms. The summed E-state index contributed by atoms with van der Waals surface area (Å²) in [6.45, 7) is -13.1. The number of hydrogen-bond donors (Lipinski definition) is 0. The standard InChI is InChI=1S/C26H25F9N2O4/c1-4-18-12-21(19-11-15(24(27,28)29)6-7-20(19)37(18)23(39)41-5-2)36(22(38)40-3)13-14-8-16(25(30,31)32)10-17(9-14)26(33,34)35/h6-11,18,21H,4-5,12-13H2,1-3H3/t18-,21+/m1/s1/i1D3,2D3,3D3,4D2,5D2. The summed E-state index contributed by atoms with van der Waals surface area (Å²) in [5.74, 6) is 0. The minimum atomic E-state index is -5.49. The minimum Gasteiger partial charge on any atom is -0.453 e. The average Bonchev–Trinajstić information content (AvgIpc) is 2.95. The highest BCUT2D eigenvalue weighted by atomic mass is 19.4. The fourth-order valence-electron chi connectivity index (χ4n) is 4.23. The van der Waals surface area contributed by atoms with Gasteiger partial charge in [0.1, 0.15) is 0 Å². The van der Waals surface area contributed by atoms with Gasteiger partial charge in [-0.15, -0.1) is 0 Å². The van der Waals surface area contributed by atoms with Gasteiger partial charge < -0.3 is 9.47 Å². The van der Waals surface area contributed by atoms with E-state index in [1.807, 2.05) is 0 Å². The first kappa shape index (κ1) is 18.0. The summed E-state index contributed by atoms with van der Waals surface area (Å²) in [7, 11) is -3.75. The number of halogens is 9. The molecule has 2 aromatic carbocycles. The van der Waals surface area contributed by atoms with Gasteiger partial charge in [0.15, 0.2) is 0 Å². The van der Waals surface area contributed by atoms with Crippen LogP contribution in [0.1, 0.15) is 78.2 Å². The molecule has 3 rings (SSSR count). The SMILES string of the molecule is [2H]C([2H])([2H])OC(=O)N(Cc1cc(C(F)(F)F)cc(C(F)(F)F)c1)[C@H]1C[C@@H](C([2H])([2H])C([2H])([2H])[2H])N(C(=O)OC([2H])([2H])C([2H])([2H])[2H])c2ccc(C(F)(F)F)cc21. The first-order valence-electron chi connectivity index (χ1n) is 17.4. The van der Waals surface area contributed by atoms with E-state index in [2.05, 4.69) is 9.47 Å². The van der Waals surface area contributed by atoms with E-state index in [1.165, 1.54) is 0 Å². The zero-order valence-corrected chi connectivity index (χ0v) is 20.0. The Bertz CT molecular complexity index is 1710. The van der Waals surface area contributed by atoms with E-state index < -0.39 is 123 Å². The smallest absolute Gasteiger partial charge is 0.416 e. The number of benzene rings is 2. The second kappa shape index (κ2) is 11.7. The molecule has 0 unspecified atom stereocenters. The highest BCUT2D eigenvalue weighted by Gasteiger charge is 2.43. The van der Waals surface area contributed by atoms with Crippen LogP contribution in [-0.2, 0) is 34.5 Å². The van der Waals surface area contributed by atoms with Gasteiger partial charge in [0.2, 0.25) is 0 Å². The van der Waals surface area contributed by atoms with Crippen LogP contribution in [0.4, 0.5) is 54.8 Å². The Balaban J connectivity index is 2.46. The molecule has 2 aromatic rings. The minimum absolute atomic E-state index is 0.0338. The van der Waals surface area contributed by atoms with Gasteiger partial charge in [-0.25, -0.2) is 9.59 Å². The molecule has 0 radical (unpaired) electrons. The number of nitrogens with zero attached hydrogens (tertiary/aromatic N) is 2. The van der Waals surface area contributed by atoms with E-state index in [0.717, 1.165) is 0 Å². The van der Waals surface area contributed by atoms with Crippen LogP contribution in [0.3, 0.4) is 0 Å². The fraction of sp³-hybridized carbons (Fsp3) is 0.462. The van der Waals surface area contributed by atoms with Crippen molar-refractivity contribution in [2.45, 2.75) is 63.7 Å². The molecule has 15 heteroatoms. The average molecular weight is 614 g/mol. The van der Waals surface area contributed by atoms with Crippen LogP contribution in [0.5, 0.6) is 0 Å². The Hall–Kier alpha value is -3.65. The van der Waals surface area contributed by atoms with Gasteiger partial charge >= 0.3 is 30.7 Å². The predicted octanol–water partition coefficient (Wildman–Crippen LogP) is 8.20. The van der Waals surface area contributed by atoms with Crippen LogP contribution >= 0.6 is 0 Å². The van der Waals surface area contributed by atoms with Crippen LogP contribution in [-0.4, -0.2) is 36.7 Å². The van der Waals surface area contributed by atoms with E-state index in [9.17, 15) is 49.1 Å². The molecule has 0 aliphatic carbocycles. The summed E-state index contributed by atoms with van der Waals surface area (Å²) in [5.41, 5.74) is -8.76. The maximum atomic E-state index is 14.0. The second-order valence-electron chi connectivity index (χ2n) is 8.43. The van der Waals surface area contributed by atoms with Gasteiger partial charge in [-0.2, -0.15) is 39.5 Å². The number of carbonyl (C=O) groups is 2. The van der Waals surface area contributed by atoms with Crippen molar-refractivity contribution in [2.24, 2.45) is 0 Å². The Morgan fingerprint density at radius 3 is 2.12 bits per heavy atom. The van der Waals surface area contributed by atoms with Gasteiger partial charge in [-0.05, 0) is 67.2 Å². The third-order valence-corrected chi connectivity index (χ3v) is 5.93. The Kier molecular flexibility index (Phi) is 5.13. The highest BCUT2D eigenvalue weighted by Crippen LogP contribution is 2.45. The Morgan fingerprint density at radius 2 is 1.59 bits per heavy atom. The summed E-state index contributed by atoms with van der Waals surface area (Å²) in [5, 5.41) is 0. The van der Waals surface area contributed by atoms with Crippen molar-refractivity contribution in [2.75, 3.05) is 18.5 Å². The number of rotatable bonds is 5. The van der Waals surface area contributed by atoms with E-state index in [4.69, 9.17) is 17.8 Å². The lowest BCUT2D eigenvalue weighted by Gasteiger charge is -2.43. The normalized spacial score (nSPS) is 23.9. The highest BCUT2D eigenvalue weighted by molar-refractivity contribution is 5.90. The molecule has 1 heterocycles. The van der Waals surface area contributed by atoms with Crippen molar-refractivity contribution in [3.05, 3.63) is 64.2 Å². The van der Waals surface area contributed by atoms with Crippen LogP contribution in [0.15, 0.2) is 36.4 Å². The summed E-state index contributed by atoms with van der Waals surface area (Å²) >= 11 is 0. The van der Waals surface area contributed by atoms with E-state index in [0.29, 0.717) is 6.07 Å². The topological polar surface area (TPSA) is 59.1 Å². The van der Waals surface area contributed by atoms with Gasteiger partial charge in [-0.1, -0.05) is 6.85 Å². The molecule has 1 aliphatic rings. The number of ether oxygens (including phenoxy) is 2. The lowest BCUT2D eigenvalue weighted by Crippen LogP contribution is -2.48. The summed E-state index contributed by atoms with van der Waals surface area (Å²) in [6, 6.07) is -4.61. The van der Waals surface area contributed by atoms with Crippen molar-refractivity contribution in [1.82, 2.24) is 4.90 Å². The number of amides is 2. The van der Waals surface area contributed by atoms with Crippen LogP contribution in [0.2, 0.25) is 0 Å². The summed E-state index contributed by atoms with van der Waals surface area (Å²) in [4.78, 5) is 26.8. The van der Waals surface area contributed by atoms with Crippen molar-refractivity contribution in [1.29, 1.82) is 0 Å². The van der Waals surface area contributed by atoms with Gasteiger partial charge in [0.05, 0.1) is 48.9 Å². The fourth-order valence-corrected chi connectivity index (χ4v) is 4.23. The molecule has 41 heavy (non-hydrogen) atoms. The molecule has 2 atom stereocenters. The van der Waals surface area contributed by atoms with Crippen molar-refractivity contribution >= 4 is 17.9 Å². The molecule has 0 saturated heterocycles. The zero-order valence-electron chi connectivity index (χ0n) is 33.0. The number of fused-ring (bicyclic) bond motifs is 1. The predicted molar refractivity (Wildman–Crippen MR) is 127 cm³/mol. The first-order valence-corrected chi connectivity index (χ1v) is 10.9. The molecule has 226 valence electrons. The first-order chi connectivity index (χ1) is 23.9. The zero-order chi connectivity index (χ0) is 42.0. The van der Waals surface area contributed by atoms with Crippen LogP contribution in [0, 0.1) is 0 Å². The van der Waals surface area contributed by atoms with Gasteiger partial charge in [-0.3, -0.25) is 9.80 Å². The Morgan fingerprint density at radius 1 is 0.951 bits per heavy atom. The largest absolute Gasteiger partial charge is 0.453 e. The molecule has 0 aromatic heterocycles. The van der Waals surface area contributed by atoms with E-state index >= 15 is 0 Å². The molecule has 0 saturated carbocycles. The quantitative estimate of drug-likeness (QED) is 0.319. The maximum Gasteiger partial charge on any atom is 0.416 e. The Labute approximate surface area is 246 Å². The van der Waals surface area contributed by atoms with Crippen molar-refractivity contribution in [3.63, 3.8) is 0 Å². The maximum absolute atomic E-state index is 14.0. The number of hydrogen-bond acceptors (Lipinski definition) is 4. The molecular formula is C26H25F9N2O4.